The Labute approximate surface area is 188 Å². The molecule has 1 aromatic heterocycles. The van der Waals surface area contributed by atoms with Crippen LogP contribution in [0.4, 0.5) is 11.4 Å². The maximum Gasteiger partial charge on any atom is 0.308 e. The Morgan fingerprint density at radius 1 is 1.26 bits per heavy atom. The molecule has 1 aliphatic rings. The van der Waals surface area contributed by atoms with Gasteiger partial charge >= 0.3 is 4.87 Å². The van der Waals surface area contributed by atoms with Crippen molar-refractivity contribution in [1.29, 1.82) is 0 Å². The molecule has 0 radical (unpaired) electrons. The number of ether oxygens (including phenoxy) is 1. The highest BCUT2D eigenvalue weighted by molar-refractivity contribution is 7.92. The molecule has 0 spiro atoms. The van der Waals surface area contributed by atoms with Crippen LogP contribution in [0.25, 0.3) is 10.2 Å². The van der Waals surface area contributed by atoms with Gasteiger partial charge in [-0.15, -0.1) is 0 Å². The second kappa shape index (κ2) is 7.85. The average molecular weight is 482 g/mol. The summed E-state index contributed by atoms with van der Waals surface area (Å²) < 4.78 is 33.9. The Balaban J connectivity index is 1.61. The van der Waals surface area contributed by atoms with Crippen LogP contribution in [-0.2, 0) is 14.8 Å². The Morgan fingerprint density at radius 2 is 2.00 bits per heavy atom. The van der Waals surface area contributed by atoms with Crippen LogP contribution < -0.4 is 19.2 Å². The first-order valence-electron chi connectivity index (χ1n) is 9.44. The molecule has 1 aliphatic heterocycles. The quantitative estimate of drug-likeness (QED) is 0.615. The number of carbonyl (C=O) groups excluding carboxylic acids is 1. The van der Waals surface area contributed by atoms with E-state index in [0.29, 0.717) is 16.4 Å². The molecule has 0 saturated carbocycles. The van der Waals surface area contributed by atoms with Gasteiger partial charge in [0, 0.05) is 16.8 Å². The van der Waals surface area contributed by atoms with Gasteiger partial charge in [-0.05, 0) is 50.2 Å². The first-order chi connectivity index (χ1) is 14.5. The minimum absolute atomic E-state index is 0.0212. The summed E-state index contributed by atoms with van der Waals surface area (Å²) in [6.45, 7) is 3.68. The highest BCUT2D eigenvalue weighted by Gasteiger charge is 2.35. The number of halogens is 1. The highest BCUT2D eigenvalue weighted by atomic mass is 35.5. The van der Waals surface area contributed by atoms with Crippen molar-refractivity contribution in [2.24, 2.45) is 0 Å². The number of anilines is 2. The average Bonchev–Trinajstić information content (AvgIpc) is 3.01. The van der Waals surface area contributed by atoms with Gasteiger partial charge in [-0.25, -0.2) is 8.42 Å². The van der Waals surface area contributed by atoms with Crippen LogP contribution in [0.1, 0.15) is 19.9 Å². The van der Waals surface area contributed by atoms with Crippen molar-refractivity contribution >= 4 is 60.5 Å². The van der Waals surface area contributed by atoms with Crippen molar-refractivity contribution in [2.75, 3.05) is 22.4 Å². The molecule has 31 heavy (non-hydrogen) atoms. The number of aromatic nitrogens is 1. The van der Waals surface area contributed by atoms with Crippen LogP contribution in [0.15, 0.2) is 41.2 Å². The minimum atomic E-state index is -3.66. The molecule has 4 rings (SSSR count). The number of thiazole rings is 1. The van der Waals surface area contributed by atoms with Crippen molar-refractivity contribution in [3.63, 3.8) is 0 Å². The van der Waals surface area contributed by atoms with Crippen LogP contribution in [0, 0.1) is 0 Å². The molecule has 1 N–H and O–H groups in total. The van der Waals surface area contributed by atoms with E-state index >= 15 is 0 Å². The lowest BCUT2D eigenvalue weighted by molar-refractivity contribution is -0.122. The number of sulfonamides is 1. The molecule has 0 bridgehead atoms. The molecule has 2 heterocycles. The number of rotatable bonds is 4. The summed E-state index contributed by atoms with van der Waals surface area (Å²) in [7, 11) is -3.66. The lowest BCUT2D eigenvalue weighted by Gasteiger charge is -2.34. The fraction of sp³-hybridized carbons (Fsp3) is 0.300. The summed E-state index contributed by atoms with van der Waals surface area (Å²) in [6, 6.07) is 9.82. The molecule has 11 heteroatoms. The number of nitrogens with one attached hydrogen (secondary N) is 1. The van der Waals surface area contributed by atoms with Gasteiger partial charge in [0.15, 0.2) is 6.10 Å². The Bertz CT molecular complexity index is 1350. The van der Waals surface area contributed by atoms with E-state index in [1.165, 1.54) is 12.1 Å². The first-order valence-corrected chi connectivity index (χ1v) is 12.5. The maximum atomic E-state index is 12.9. The minimum Gasteiger partial charge on any atom is -0.476 e. The number of amides is 1. The largest absolute Gasteiger partial charge is 0.476 e. The van der Waals surface area contributed by atoms with Crippen molar-refractivity contribution in [1.82, 2.24) is 4.57 Å². The summed E-state index contributed by atoms with van der Waals surface area (Å²) >= 11 is 7.10. The number of hydrogen-bond acceptors (Lipinski definition) is 6. The zero-order chi connectivity index (χ0) is 22.5. The lowest BCUT2D eigenvalue weighted by atomic mass is 10.2. The number of nitrogens with zero attached hydrogens (tertiary/aromatic N) is 2. The van der Waals surface area contributed by atoms with E-state index in [1.54, 1.807) is 28.8 Å². The summed E-state index contributed by atoms with van der Waals surface area (Å²) in [5, 5.41) is 3.12. The van der Waals surface area contributed by atoms with Crippen molar-refractivity contribution in [3.05, 3.63) is 51.1 Å². The van der Waals surface area contributed by atoms with Gasteiger partial charge < -0.3 is 10.1 Å². The molecular formula is C20H20ClN3O5S2. The molecule has 3 aromatic rings. The number of benzene rings is 2. The smallest absolute Gasteiger partial charge is 0.308 e. The fourth-order valence-corrected chi connectivity index (χ4v) is 5.63. The monoisotopic (exact) mass is 481 g/mol. The predicted octanol–water partition coefficient (Wildman–Crippen LogP) is 3.46. The number of hydrogen-bond donors (Lipinski definition) is 1. The molecule has 0 saturated heterocycles. The zero-order valence-corrected chi connectivity index (χ0v) is 19.3. The Hall–Kier alpha value is -2.56. The molecular weight excluding hydrogens is 462 g/mol. The van der Waals surface area contributed by atoms with Gasteiger partial charge in [-0.1, -0.05) is 22.9 Å². The van der Waals surface area contributed by atoms with Crippen LogP contribution in [0.3, 0.4) is 0 Å². The van der Waals surface area contributed by atoms with E-state index in [-0.39, 0.29) is 23.2 Å². The number of fused-ring (bicyclic) bond motifs is 2. The third-order valence-corrected chi connectivity index (χ3v) is 7.18. The van der Waals surface area contributed by atoms with Crippen molar-refractivity contribution < 1.29 is 17.9 Å². The van der Waals surface area contributed by atoms with Crippen molar-refractivity contribution in [3.8, 4) is 5.75 Å². The Morgan fingerprint density at radius 3 is 2.68 bits per heavy atom. The third kappa shape index (κ3) is 4.15. The Kier molecular flexibility index (Phi) is 5.48. The molecule has 0 aliphatic carbocycles. The molecule has 1 amide bonds. The van der Waals surface area contributed by atoms with E-state index in [1.807, 2.05) is 13.8 Å². The second-order valence-corrected chi connectivity index (χ2v) is 10.9. The maximum absolute atomic E-state index is 12.9. The third-order valence-electron chi connectivity index (χ3n) is 4.88. The van der Waals surface area contributed by atoms with Crippen LogP contribution in [0.5, 0.6) is 5.75 Å². The molecule has 1 unspecified atom stereocenters. The highest BCUT2D eigenvalue weighted by Crippen LogP contribution is 2.37. The molecule has 2 aromatic carbocycles. The molecule has 1 atom stereocenters. The topological polar surface area (TPSA) is 97.7 Å². The van der Waals surface area contributed by atoms with Gasteiger partial charge in [0.1, 0.15) is 5.75 Å². The fourth-order valence-electron chi connectivity index (χ4n) is 3.50. The van der Waals surface area contributed by atoms with E-state index in [2.05, 4.69) is 5.32 Å². The molecule has 8 nitrogen and oxygen atoms in total. The van der Waals surface area contributed by atoms with E-state index in [4.69, 9.17) is 16.3 Å². The van der Waals surface area contributed by atoms with E-state index < -0.39 is 22.0 Å². The van der Waals surface area contributed by atoms with Crippen LogP contribution >= 0.6 is 22.9 Å². The SMILES string of the molecule is CC(C)n1c(=O)sc2cc(NC(=O)C3CN(S(C)(=O)=O)c4cc(Cl)ccc4O3)ccc21. The van der Waals surface area contributed by atoms with Gasteiger partial charge in [-0.2, -0.15) is 0 Å². The molecule has 164 valence electrons. The first kappa shape index (κ1) is 21.7. The number of carbonyl (C=O) groups is 1. The normalized spacial score (nSPS) is 16.3. The van der Waals surface area contributed by atoms with E-state index in [0.717, 1.165) is 32.1 Å². The van der Waals surface area contributed by atoms with Gasteiger partial charge in [0.2, 0.25) is 10.0 Å². The summed E-state index contributed by atoms with van der Waals surface area (Å²) in [5.74, 6) is -0.242. The van der Waals surface area contributed by atoms with Gasteiger partial charge in [0.25, 0.3) is 5.91 Å². The van der Waals surface area contributed by atoms with Crippen molar-refractivity contribution in [2.45, 2.75) is 26.0 Å². The van der Waals surface area contributed by atoms with Crippen LogP contribution in [0.2, 0.25) is 5.02 Å². The summed E-state index contributed by atoms with van der Waals surface area (Å²) in [5.41, 5.74) is 1.58. The molecule has 0 fully saturated rings. The summed E-state index contributed by atoms with van der Waals surface area (Å²) in [4.78, 5) is 25.1. The standard InChI is InChI=1S/C20H20ClN3O5S2/c1-11(2)24-14-6-5-13(9-18(14)30-20(24)26)22-19(25)17-10-23(31(3,27)28)15-8-12(21)4-7-16(15)29-17/h4-9,11,17H,10H2,1-3H3,(H,22,25). The lowest BCUT2D eigenvalue weighted by Crippen LogP contribution is -2.48. The zero-order valence-electron chi connectivity index (χ0n) is 17.0. The van der Waals surface area contributed by atoms with Gasteiger partial charge in [-0.3, -0.25) is 18.5 Å². The second-order valence-electron chi connectivity index (χ2n) is 7.52. The predicted molar refractivity (Wildman–Crippen MR) is 123 cm³/mol. The summed E-state index contributed by atoms with van der Waals surface area (Å²) in [6.07, 6.45) is 0.00536. The van der Waals surface area contributed by atoms with Gasteiger partial charge in [0.05, 0.1) is 28.7 Å². The van der Waals surface area contributed by atoms with Crippen LogP contribution in [-0.4, -0.2) is 37.8 Å². The van der Waals surface area contributed by atoms with E-state index in [9.17, 15) is 18.0 Å².